The van der Waals surface area contributed by atoms with Gasteiger partial charge in [0.05, 0.1) is 24.4 Å². The third-order valence-electron chi connectivity index (χ3n) is 5.34. The molecule has 3 aromatic carbocycles. The summed E-state index contributed by atoms with van der Waals surface area (Å²) >= 11 is 0. The van der Waals surface area contributed by atoms with Gasteiger partial charge in [-0.15, -0.1) is 0 Å². The zero-order chi connectivity index (χ0) is 22.0. The highest BCUT2D eigenvalue weighted by Gasteiger charge is 2.13. The standard InChI is InChI=1S/C28H29NO3/c1-22-27(21-30-18-10-11-19-31-24-14-6-3-7-15-24)29-26-17-9-8-16-25(26)28(22)32-20-23-12-4-2-5-13-23/h2-9,12-17H,10-11,18-21H2,1H3. The second-order valence-corrected chi connectivity index (χ2v) is 7.73. The van der Waals surface area contributed by atoms with Crippen LogP contribution in [0.3, 0.4) is 0 Å². The van der Waals surface area contributed by atoms with E-state index in [1.807, 2.05) is 66.7 Å². The summed E-state index contributed by atoms with van der Waals surface area (Å²) in [4.78, 5) is 4.83. The SMILES string of the molecule is Cc1c(COCCCCOc2ccccc2)nc2ccccc2c1OCc1ccccc1. The number of rotatable bonds is 11. The van der Waals surface area contributed by atoms with Gasteiger partial charge in [0, 0.05) is 17.6 Å². The minimum atomic E-state index is 0.470. The fourth-order valence-electron chi connectivity index (χ4n) is 3.56. The van der Waals surface area contributed by atoms with Gasteiger partial charge in [0.15, 0.2) is 0 Å². The number of para-hydroxylation sites is 2. The van der Waals surface area contributed by atoms with Gasteiger partial charge in [0.2, 0.25) is 0 Å². The molecule has 0 fully saturated rings. The molecule has 1 heterocycles. The third kappa shape index (κ3) is 5.86. The van der Waals surface area contributed by atoms with Crippen molar-refractivity contribution < 1.29 is 14.2 Å². The van der Waals surface area contributed by atoms with Crippen LogP contribution < -0.4 is 9.47 Å². The Morgan fingerprint density at radius 2 is 1.38 bits per heavy atom. The lowest BCUT2D eigenvalue weighted by Gasteiger charge is -2.16. The average molecular weight is 428 g/mol. The Kier molecular flexibility index (Phi) is 7.72. The number of unbranched alkanes of at least 4 members (excludes halogenated alkanes) is 1. The van der Waals surface area contributed by atoms with Gasteiger partial charge in [0.1, 0.15) is 18.1 Å². The van der Waals surface area contributed by atoms with Crippen LogP contribution in [0.1, 0.15) is 29.7 Å². The maximum atomic E-state index is 6.27. The van der Waals surface area contributed by atoms with Gasteiger partial charge in [-0.05, 0) is 49.6 Å². The highest BCUT2D eigenvalue weighted by molar-refractivity contribution is 5.86. The summed E-state index contributed by atoms with van der Waals surface area (Å²) < 4.78 is 17.9. The van der Waals surface area contributed by atoms with Crippen LogP contribution >= 0.6 is 0 Å². The quantitative estimate of drug-likeness (QED) is 0.256. The summed E-state index contributed by atoms with van der Waals surface area (Å²) in [7, 11) is 0. The molecule has 0 N–H and O–H groups in total. The number of fused-ring (bicyclic) bond motifs is 1. The van der Waals surface area contributed by atoms with E-state index in [9.17, 15) is 0 Å². The van der Waals surface area contributed by atoms with Crippen LogP contribution in [0.5, 0.6) is 11.5 Å². The molecular formula is C28H29NO3. The van der Waals surface area contributed by atoms with Crippen molar-refractivity contribution in [2.75, 3.05) is 13.2 Å². The Labute approximate surface area is 189 Å². The molecule has 0 radical (unpaired) electrons. The number of nitrogens with zero attached hydrogens (tertiary/aromatic N) is 1. The number of ether oxygens (including phenoxy) is 3. The van der Waals surface area contributed by atoms with Crippen LogP contribution in [-0.4, -0.2) is 18.2 Å². The van der Waals surface area contributed by atoms with Gasteiger partial charge in [-0.3, -0.25) is 0 Å². The number of pyridine rings is 1. The second kappa shape index (κ2) is 11.3. The van der Waals surface area contributed by atoms with Crippen molar-refractivity contribution in [2.45, 2.75) is 33.0 Å². The topological polar surface area (TPSA) is 40.6 Å². The molecule has 4 heteroatoms. The van der Waals surface area contributed by atoms with Crippen molar-refractivity contribution >= 4 is 10.9 Å². The van der Waals surface area contributed by atoms with E-state index in [1.165, 1.54) is 0 Å². The van der Waals surface area contributed by atoms with Gasteiger partial charge < -0.3 is 14.2 Å². The Morgan fingerprint density at radius 1 is 0.688 bits per heavy atom. The monoisotopic (exact) mass is 427 g/mol. The van der Waals surface area contributed by atoms with E-state index in [-0.39, 0.29) is 0 Å². The largest absolute Gasteiger partial charge is 0.494 e. The van der Waals surface area contributed by atoms with E-state index < -0.39 is 0 Å². The molecule has 0 bridgehead atoms. The minimum Gasteiger partial charge on any atom is -0.494 e. The maximum Gasteiger partial charge on any atom is 0.134 e. The van der Waals surface area contributed by atoms with Crippen molar-refractivity contribution in [3.05, 3.63) is 102 Å². The molecule has 0 saturated heterocycles. The van der Waals surface area contributed by atoms with Crippen LogP contribution in [-0.2, 0) is 18.0 Å². The van der Waals surface area contributed by atoms with Gasteiger partial charge in [0.25, 0.3) is 0 Å². The Morgan fingerprint density at radius 3 is 2.19 bits per heavy atom. The van der Waals surface area contributed by atoms with E-state index in [0.29, 0.717) is 26.4 Å². The summed E-state index contributed by atoms with van der Waals surface area (Å²) in [5.41, 5.74) is 4.03. The highest BCUT2D eigenvalue weighted by atomic mass is 16.5. The van der Waals surface area contributed by atoms with Crippen LogP contribution in [0.2, 0.25) is 0 Å². The molecule has 0 aliphatic heterocycles. The maximum absolute atomic E-state index is 6.27. The first kappa shape index (κ1) is 21.8. The van der Waals surface area contributed by atoms with E-state index >= 15 is 0 Å². The van der Waals surface area contributed by atoms with Crippen molar-refractivity contribution in [1.82, 2.24) is 4.98 Å². The van der Waals surface area contributed by atoms with Crippen molar-refractivity contribution in [1.29, 1.82) is 0 Å². The number of aromatic nitrogens is 1. The first-order valence-corrected chi connectivity index (χ1v) is 11.1. The summed E-state index contributed by atoms with van der Waals surface area (Å²) in [6, 6.07) is 28.2. The average Bonchev–Trinajstić information content (AvgIpc) is 2.84. The lowest BCUT2D eigenvalue weighted by atomic mass is 10.1. The minimum absolute atomic E-state index is 0.470. The molecular weight excluding hydrogens is 398 g/mol. The predicted molar refractivity (Wildman–Crippen MR) is 128 cm³/mol. The van der Waals surface area contributed by atoms with Crippen LogP contribution in [0.15, 0.2) is 84.9 Å². The van der Waals surface area contributed by atoms with E-state index in [0.717, 1.165) is 52.1 Å². The van der Waals surface area contributed by atoms with Gasteiger partial charge in [-0.1, -0.05) is 60.7 Å². The molecule has 0 unspecified atom stereocenters. The summed E-state index contributed by atoms with van der Waals surface area (Å²) in [6.45, 7) is 4.42. The van der Waals surface area contributed by atoms with E-state index in [4.69, 9.17) is 19.2 Å². The molecule has 0 spiro atoms. The number of hydrogen-bond donors (Lipinski definition) is 0. The summed E-state index contributed by atoms with van der Waals surface area (Å²) in [5.74, 6) is 1.79. The van der Waals surface area contributed by atoms with Crippen molar-refractivity contribution in [2.24, 2.45) is 0 Å². The van der Waals surface area contributed by atoms with Crippen LogP contribution in [0.25, 0.3) is 10.9 Å². The molecule has 1 aromatic heterocycles. The first-order valence-electron chi connectivity index (χ1n) is 11.1. The smallest absolute Gasteiger partial charge is 0.134 e. The van der Waals surface area contributed by atoms with E-state index in [1.54, 1.807) is 0 Å². The molecule has 0 amide bonds. The number of hydrogen-bond acceptors (Lipinski definition) is 4. The predicted octanol–water partition coefficient (Wildman–Crippen LogP) is 6.50. The fourth-order valence-corrected chi connectivity index (χ4v) is 3.56. The second-order valence-electron chi connectivity index (χ2n) is 7.73. The molecule has 32 heavy (non-hydrogen) atoms. The van der Waals surface area contributed by atoms with Crippen molar-refractivity contribution in [3.8, 4) is 11.5 Å². The first-order chi connectivity index (χ1) is 15.8. The van der Waals surface area contributed by atoms with E-state index in [2.05, 4.69) is 25.1 Å². The molecule has 0 saturated carbocycles. The molecule has 0 atom stereocenters. The molecule has 0 aliphatic carbocycles. The van der Waals surface area contributed by atoms with Crippen molar-refractivity contribution in [3.63, 3.8) is 0 Å². The van der Waals surface area contributed by atoms with Crippen LogP contribution in [0, 0.1) is 6.92 Å². The lowest BCUT2D eigenvalue weighted by Crippen LogP contribution is -2.06. The summed E-state index contributed by atoms with van der Waals surface area (Å²) in [5, 5.41) is 1.03. The summed E-state index contributed by atoms with van der Waals surface area (Å²) in [6.07, 6.45) is 1.89. The lowest BCUT2D eigenvalue weighted by molar-refractivity contribution is 0.111. The zero-order valence-corrected chi connectivity index (χ0v) is 18.5. The highest BCUT2D eigenvalue weighted by Crippen LogP contribution is 2.31. The Bertz CT molecular complexity index is 1110. The Hall–Kier alpha value is -3.37. The number of benzene rings is 3. The molecule has 164 valence electrons. The third-order valence-corrected chi connectivity index (χ3v) is 5.34. The van der Waals surface area contributed by atoms with Gasteiger partial charge >= 0.3 is 0 Å². The molecule has 4 aromatic rings. The Balaban J connectivity index is 1.33. The zero-order valence-electron chi connectivity index (χ0n) is 18.5. The van der Waals surface area contributed by atoms with Gasteiger partial charge in [-0.25, -0.2) is 4.98 Å². The van der Waals surface area contributed by atoms with Gasteiger partial charge in [-0.2, -0.15) is 0 Å². The molecule has 4 rings (SSSR count). The normalized spacial score (nSPS) is 10.9. The van der Waals surface area contributed by atoms with Crippen LogP contribution in [0.4, 0.5) is 0 Å². The molecule has 4 nitrogen and oxygen atoms in total. The fraction of sp³-hybridized carbons (Fsp3) is 0.250. The molecule has 0 aliphatic rings.